The molecule has 0 atom stereocenters. The third-order valence-corrected chi connectivity index (χ3v) is 2.77. The molecule has 0 bridgehead atoms. The van der Waals surface area contributed by atoms with Gasteiger partial charge in [-0.25, -0.2) is 4.39 Å². The lowest BCUT2D eigenvalue weighted by atomic mass is 10.0. The number of nitrogens with two attached hydrogens (primary N) is 2. The fourth-order valence-electron chi connectivity index (χ4n) is 1.73. The molecule has 0 saturated carbocycles. The predicted molar refractivity (Wildman–Crippen MR) is 80.0 cm³/mol. The molecule has 20 heavy (non-hydrogen) atoms. The van der Waals surface area contributed by atoms with Gasteiger partial charge in [-0.1, -0.05) is 30.3 Å². The number of benzene rings is 2. The van der Waals surface area contributed by atoms with Gasteiger partial charge in [0.05, 0.1) is 6.21 Å². The van der Waals surface area contributed by atoms with Crippen LogP contribution in [0.2, 0.25) is 0 Å². The van der Waals surface area contributed by atoms with Gasteiger partial charge in [-0.15, -0.1) is 5.10 Å². The van der Waals surface area contributed by atoms with Crippen LogP contribution in [0.5, 0.6) is 0 Å². The molecule has 0 heterocycles. The van der Waals surface area contributed by atoms with Crippen LogP contribution in [-0.4, -0.2) is 12.2 Å². The average molecular weight is 270 g/mol. The summed E-state index contributed by atoms with van der Waals surface area (Å²) < 4.78 is 13.6. The van der Waals surface area contributed by atoms with Gasteiger partial charge in [0.25, 0.3) is 0 Å². The maximum Gasteiger partial charge on any atom is 0.211 e. The van der Waals surface area contributed by atoms with Gasteiger partial charge < -0.3 is 11.5 Å². The van der Waals surface area contributed by atoms with Gasteiger partial charge in [-0.05, 0) is 41.3 Å². The van der Waals surface area contributed by atoms with Gasteiger partial charge in [0.15, 0.2) is 0 Å². The average Bonchev–Trinajstić information content (AvgIpc) is 2.42. The zero-order chi connectivity index (χ0) is 14.5. The molecular weight excluding hydrogens is 255 g/mol. The number of hydrogen-bond acceptors (Lipinski definition) is 2. The zero-order valence-corrected chi connectivity index (χ0v) is 11.0. The lowest BCUT2D eigenvalue weighted by Crippen LogP contribution is -2.21. The Morgan fingerprint density at radius 3 is 2.55 bits per heavy atom. The van der Waals surface area contributed by atoms with E-state index in [2.05, 4.69) is 10.2 Å². The van der Waals surface area contributed by atoms with E-state index in [1.165, 1.54) is 12.3 Å². The SMILES string of the molecule is Cc1ccc(-c2cccc(C=NN=C(N)N)c2)cc1F. The minimum atomic E-state index is -0.220. The molecular formula is C15H15FN4. The lowest BCUT2D eigenvalue weighted by molar-refractivity contribution is 0.619. The third-order valence-electron chi connectivity index (χ3n) is 2.77. The molecule has 0 spiro atoms. The van der Waals surface area contributed by atoms with Crippen molar-refractivity contribution in [2.45, 2.75) is 6.92 Å². The van der Waals surface area contributed by atoms with Crippen molar-refractivity contribution in [1.82, 2.24) is 0 Å². The van der Waals surface area contributed by atoms with Gasteiger partial charge >= 0.3 is 0 Å². The van der Waals surface area contributed by atoms with Gasteiger partial charge in [-0.2, -0.15) is 5.10 Å². The first-order chi connectivity index (χ1) is 9.56. The molecule has 0 aliphatic rings. The Morgan fingerprint density at radius 1 is 1.10 bits per heavy atom. The van der Waals surface area contributed by atoms with Gasteiger partial charge in [0, 0.05) is 0 Å². The fraction of sp³-hybridized carbons (Fsp3) is 0.0667. The molecule has 0 radical (unpaired) electrons. The summed E-state index contributed by atoms with van der Waals surface area (Å²) in [7, 11) is 0. The molecule has 0 unspecified atom stereocenters. The second-order valence-corrected chi connectivity index (χ2v) is 4.36. The number of nitrogens with zero attached hydrogens (tertiary/aromatic N) is 2. The molecule has 2 aromatic carbocycles. The van der Waals surface area contributed by atoms with Crippen LogP contribution in [0, 0.1) is 12.7 Å². The zero-order valence-electron chi connectivity index (χ0n) is 11.0. The molecule has 4 nitrogen and oxygen atoms in total. The fourth-order valence-corrected chi connectivity index (χ4v) is 1.73. The molecule has 4 N–H and O–H groups in total. The highest BCUT2D eigenvalue weighted by atomic mass is 19.1. The molecule has 5 heteroatoms. The van der Waals surface area contributed by atoms with Crippen molar-refractivity contribution in [3.63, 3.8) is 0 Å². The maximum absolute atomic E-state index is 13.6. The summed E-state index contributed by atoms with van der Waals surface area (Å²) in [5, 5.41) is 7.28. The summed E-state index contributed by atoms with van der Waals surface area (Å²) in [6, 6.07) is 12.7. The largest absolute Gasteiger partial charge is 0.369 e. The van der Waals surface area contributed by atoms with E-state index in [0.29, 0.717) is 5.56 Å². The summed E-state index contributed by atoms with van der Waals surface area (Å²) >= 11 is 0. The van der Waals surface area contributed by atoms with Crippen molar-refractivity contribution in [2.75, 3.05) is 0 Å². The second kappa shape index (κ2) is 5.97. The quantitative estimate of drug-likeness (QED) is 0.510. The standard InChI is InChI=1S/C15H15FN4/c1-10-5-6-13(8-14(10)16)12-4-2-3-11(7-12)9-19-20-15(17)18/h2-9H,1H3,(H4,17,18,20). The van der Waals surface area contributed by atoms with Crippen LogP contribution in [0.25, 0.3) is 11.1 Å². The number of rotatable bonds is 3. The number of halogens is 1. The number of aryl methyl sites for hydroxylation is 1. The Balaban J connectivity index is 2.31. The van der Waals surface area contributed by atoms with Crippen LogP contribution in [0.4, 0.5) is 4.39 Å². The molecule has 0 saturated heterocycles. The summed E-state index contributed by atoms with van der Waals surface area (Å²) in [6.07, 6.45) is 1.54. The molecule has 0 aliphatic heterocycles. The van der Waals surface area contributed by atoms with Crippen LogP contribution < -0.4 is 11.5 Å². The molecule has 0 fully saturated rings. The lowest BCUT2D eigenvalue weighted by Gasteiger charge is -2.04. The van der Waals surface area contributed by atoms with E-state index in [9.17, 15) is 4.39 Å². The minimum Gasteiger partial charge on any atom is -0.369 e. The summed E-state index contributed by atoms with van der Waals surface area (Å²) in [4.78, 5) is 0. The van der Waals surface area contributed by atoms with Crippen molar-refractivity contribution in [3.05, 3.63) is 59.4 Å². The van der Waals surface area contributed by atoms with Crippen LogP contribution in [0.15, 0.2) is 52.7 Å². The third kappa shape index (κ3) is 3.41. The normalized spacial score (nSPS) is 10.7. The van der Waals surface area contributed by atoms with Gasteiger partial charge in [-0.3, -0.25) is 0 Å². The van der Waals surface area contributed by atoms with E-state index in [4.69, 9.17) is 11.5 Å². The van der Waals surface area contributed by atoms with Crippen molar-refractivity contribution in [2.24, 2.45) is 21.7 Å². The molecule has 0 amide bonds. The van der Waals surface area contributed by atoms with Gasteiger partial charge in [0.2, 0.25) is 5.96 Å². The van der Waals surface area contributed by atoms with Gasteiger partial charge in [0.1, 0.15) is 5.82 Å². The highest BCUT2D eigenvalue weighted by Crippen LogP contribution is 2.22. The minimum absolute atomic E-state index is 0.0991. The summed E-state index contributed by atoms with van der Waals surface area (Å²) in [5.41, 5.74) is 13.5. The smallest absolute Gasteiger partial charge is 0.211 e. The Labute approximate surface area is 116 Å². The number of guanidine groups is 1. The van der Waals surface area contributed by atoms with E-state index in [1.54, 1.807) is 13.0 Å². The molecule has 0 aliphatic carbocycles. The van der Waals surface area contributed by atoms with E-state index < -0.39 is 0 Å². The Kier molecular flexibility index (Phi) is 4.10. The molecule has 2 aromatic rings. The van der Waals surface area contributed by atoms with Crippen LogP contribution in [0.1, 0.15) is 11.1 Å². The Morgan fingerprint density at radius 2 is 1.85 bits per heavy atom. The second-order valence-electron chi connectivity index (χ2n) is 4.36. The first-order valence-corrected chi connectivity index (χ1v) is 6.05. The Bertz CT molecular complexity index is 673. The Hall–Kier alpha value is -2.69. The maximum atomic E-state index is 13.6. The molecule has 2 rings (SSSR count). The topological polar surface area (TPSA) is 76.8 Å². The highest BCUT2D eigenvalue weighted by molar-refractivity contribution is 5.83. The van der Waals surface area contributed by atoms with Crippen molar-refractivity contribution >= 4 is 12.2 Å². The molecule has 102 valence electrons. The monoisotopic (exact) mass is 270 g/mol. The number of hydrogen-bond donors (Lipinski definition) is 2. The van der Waals surface area contributed by atoms with E-state index >= 15 is 0 Å². The van der Waals surface area contributed by atoms with Crippen molar-refractivity contribution < 1.29 is 4.39 Å². The van der Waals surface area contributed by atoms with E-state index in [1.807, 2.05) is 30.3 Å². The van der Waals surface area contributed by atoms with E-state index in [-0.39, 0.29) is 11.8 Å². The summed E-state index contributed by atoms with van der Waals surface area (Å²) in [6.45, 7) is 1.73. The van der Waals surface area contributed by atoms with Crippen LogP contribution in [-0.2, 0) is 0 Å². The van der Waals surface area contributed by atoms with E-state index in [0.717, 1.165) is 16.7 Å². The molecule has 0 aromatic heterocycles. The van der Waals surface area contributed by atoms with Crippen LogP contribution in [0.3, 0.4) is 0 Å². The summed E-state index contributed by atoms with van der Waals surface area (Å²) in [5.74, 6) is -0.319. The predicted octanol–water partition coefficient (Wildman–Crippen LogP) is 2.41. The van der Waals surface area contributed by atoms with Crippen molar-refractivity contribution in [3.8, 4) is 11.1 Å². The van der Waals surface area contributed by atoms with Crippen LogP contribution >= 0.6 is 0 Å². The first-order valence-electron chi connectivity index (χ1n) is 6.05. The first kappa shape index (κ1) is 13.7. The van der Waals surface area contributed by atoms with Crippen molar-refractivity contribution in [1.29, 1.82) is 0 Å². The highest BCUT2D eigenvalue weighted by Gasteiger charge is 2.02.